The number of amides is 3. The molecule has 2 aliphatic rings. The second-order valence-electron chi connectivity index (χ2n) is 7.26. The van der Waals surface area contributed by atoms with Gasteiger partial charge in [0.05, 0.1) is 6.26 Å². The van der Waals surface area contributed by atoms with Crippen molar-refractivity contribution in [3.63, 3.8) is 0 Å². The Balaban J connectivity index is 1.43. The summed E-state index contributed by atoms with van der Waals surface area (Å²) in [6.45, 7) is 1.07. The minimum Gasteiger partial charge on any atom is -0.459 e. The topological polar surface area (TPSA) is 91.7 Å². The number of furan rings is 1. The molecule has 0 saturated heterocycles. The molecule has 1 aromatic carbocycles. The van der Waals surface area contributed by atoms with Crippen LogP contribution < -0.4 is 10.6 Å². The molecule has 1 fully saturated rings. The Morgan fingerprint density at radius 3 is 2.36 bits per heavy atom. The average molecular weight is 381 g/mol. The highest BCUT2D eigenvalue weighted by molar-refractivity contribution is 5.96. The maximum Gasteiger partial charge on any atom is 0.290 e. The summed E-state index contributed by atoms with van der Waals surface area (Å²) in [4.78, 5) is 38.9. The summed E-state index contributed by atoms with van der Waals surface area (Å²) >= 11 is 0. The fraction of sp³-hybridized carbons (Fsp3) is 0.381. The summed E-state index contributed by atoms with van der Waals surface area (Å²) in [6, 6.07) is 10.5. The van der Waals surface area contributed by atoms with Gasteiger partial charge in [-0.25, -0.2) is 0 Å². The second-order valence-corrected chi connectivity index (χ2v) is 7.26. The van der Waals surface area contributed by atoms with E-state index in [4.69, 9.17) is 4.42 Å². The van der Waals surface area contributed by atoms with Crippen LogP contribution in [-0.2, 0) is 22.6 Å². The van der Waals surface area contributed by atoms with Crippen molar-refractivity contribution in [2.75, 3.05) is 13.1 Å². The van der Waals surface area contributed by atoms with E-state index >= 15 is 0 Å². The Kier molecular flexibility index (Phi) is 5.14. The van der Waals surface area contributed by atoms with Crippen molar-refractivity contribution in [2.24, 2.45) is 5.92 Å². The number of benzene rings is 1. The van der Waals surface area contributed by atoms with E-state index in [1.165, 1.54) is 6.26 Å². The maximum absolute atomic E-state index is 12.9. The molecule has 146 valence electrons. The molecular formula is C21H23N3O4. The van der Waals surface area contributed by atoms with Gasteiger partial charge in [0.2, 0.25) is 11.8 Å². The summed E-state index contributed by atoms with van der Waals surface area (Å²) in [6.07, 6.45) is 3.79. The monoisotopic (exact) mass is 381 g/mol. The van der Waals surface area contributed by atoms with Gasteiger partial charge in [0.1, 0.15) is 6.04 Å². The lowest BCUT2D eigenvalue weighted by Crippen LogP contribution is -2.53. The molecule has 2 N–H and O–H groups in total. The Morgan fingerprint density at radius 1 is 0.964 bits per heavy atom. The summed E-state index contributed by atoms with van der Waals surface area (Å²) in [5.41, 5.74) is 2.09. The lowest BCUT2D eigenvalue weighted by molar-refractivity contribution is -0.126. The Morgan fingerprint density at radius 2 is 1.68 bits per heavy atom. The Labute approximate surface area is 163 Å². The Hall–Kier alpha value is -3.09. The molecule has 1 aliphatic heterocycles. The molecule has 7 heteroatoms. The first-order chi connectivity index (χ1) is 13.6. The van der Waals surface area contributed by atoms with E-state index < -0.39 is 6.04 Å². The molecule has 1 aromatic heterocycles. The van der Waals surface area contributed by atoms with Gasteiger partial charge < -0.3 is 20.0 Å². The SMILES string of the molecule is O=C(NCCNC(=O)C1Cc2ccccc2CN1C(=O)c1ccco1)C1CC1. The van der Waals surface area contributed by atoms with Crippen molar-refractivity contribution in [1.29, 1.82) is 0 Å². The lowest BCUT2D eigenvalue weighted by atomic mass is 9.93. The van der Waals surface area contributed by atoms with Crippen molar-refractivity contribution < 1.29 is 18.8 Å². The molecule has 28 heavy (non-hydrogen) atoms. The number of carbonyl (C=O) groups is 3. The Bertz CT molecular complexity index is 874. The molecule has 1 saturated carbocycles. The van der Waals surface area contributed by atoms with Gasteiger partial charge in [-0.2, -0.15) is 0 Å². The van der Waals surface area contributed by atoms with Crippen molar-refractivity contribution >= 4 is 17.7 Å². The van der Waals surface area contributed by atoms with Crippen LogP contribution in [0.4, 0.5) is 0 Å². The number of carbonyl (C=O) groups excluding carboxylic acids is 3. The first kappa shape index (κ1) is 18.3. The number of nitrogens with zero attached hydrogens (tertiary/aromatic N) is 1. The summed E-state index contributed by atoms with van der Waals surface area (Å²) in [5, 5.41) is 5.68. The molecule has 2 aromatic rings. The third kappa shape index (κ3) is 3.93. The molecule has 0 bridgehead atoms. The third-order valence-electron chi connectivity index (χ3n) is 5.22. The largest absolute Gasteiger partial charge is 0.459 e. The summed E-state index contributed by atoms with van der Waals surface area (Å²) < 4.78 is 5.25. The zero-order valence-electron chi connectivity index (χ0n) is 15.5. The minimum absolute atomic E-state index is 0.0514. The van der Waals surface area contributed by atoms with Crippen LogP contribution in [0.2, 0.25) is 0 Å². The predicted molar refractivity (Wildman–Crippen MR) is 101 cm³/mol. The number of hydrogen-bond donors (Lipinski definition) is 2. The van der Waals surface area contributed by atoms with Crippen molar-refractivity contribution in [3.8, 4) is 0 Å². The zero-order valence-corrected chi connectivity index (χ0v) is 15.5. The van der Waals surface area contributed by atoms with E-state index in [9.17, 15) is 14.4 Å². The second kappa shape index (κ2) is 7.88. The molecule has 3 amide bonds. The van der Waals surface area contributed by atoms with Crippen LogP contribution in [0.15, 0.2) is 47.1 Å². The van der Waals surface area contributed by atoms with Crippen LogP contribution in [0.1, 0.15) is 34.5 Å². The number of hydrogen-bond acceptors (Lipinski definition) is 4. The van der Waals surface area contributed by atoms with Crippen molar-refractivity contribution in [1.82, 2.24) is 15.5 Å². The first-order valence-electron chi connectivity index (χ1n) is 9.60. The highest BCUT2D eigenvalue weighted by Crippen LogP contribution is 2.28. The summed E-state index contributed by atoms with van der Waals surface area (Å²) in [7, 11) is 0. The van der Waals surface area contributed by atoms with Gasteiger partial charge in [0.25, 0.3) is 5.91 Å². The normalized spacial score (nSPS) is 18.3. The fourth-order valence-electron chi connectivity index (χ4n) is 3.49. The smallest absolute Gasteiger partial charge is 0.290 e. The van der Waals surface area contributed by atoms with Crippen molar-refractivity contribution in [3.05, 3.63) is 59.5 Å². The van der Waals surface area contributed by atoms with E-state index in [-0.39, 0.29) is 29.4 Å². The number of rotatable bonds is 6. The van der Waals surface area contributed by atoms with E-state index in [2.05, 4.69) is 10.6 Å². The molecule has 1 unspecified atom stereocenters. The van der Waals surface area contributed by atoms with Gasteiger partial charge in [-0.1, -0.05) is 24.3 Å². The van der Waals surface area contributed by atoms with Crippen LogP contribution in [0, 0.1) is 5.92 Å². The molecule has 4 rings (SSSR count). The van der Waals surface area contributed by atoms with E-state index in [1.54, 1.807) is 17.0 Å². The van der Waals surface area contributed by atoms with Gasteiger partial charge in [-0.15, -0.1) is 0 Å². The molecule has 0 radical (unpaired) electrons. The van der Waals surface area contributed by atoms with Gasteiger partial charge in [-0.3, -0.25) is 14.4 Å². The number of nitrogens with one attached hydrogen (secondary N) is 2. The zero-order chi connectivity index (χ0) is 19.5. The standard InChI is InChI=1S/C21H23N3O4/c25-19(14-7-8-14)22-9-10-23-20(26)17-12-15-4-1-2-5-16(15)13-24(17)21(27)18-6-3-11-28-18/h1-6,11,14,17H,7-10,12-13H2,(H,22,25)(H,23,26). The summed E-state index contributed by atoms with van der Waals surface area (Å²) in [5.74, 6) is -0.118. The molecule has 1 aliphatic carbocycles. The molecular weight excluding hydrogens is 358 g/mol. The number of fused-ring (bicyclic) bond motifs is 1. The van der Waals surface area contributed by atoms with Gasteiger partial charge in [-0.05, 0) is 36.1 Å². The first-order valence-corrected chi connectivity index (χ1v) is 9.60. The average Bonchev–Trinajstić information content (AvgIpc) is 3.43. The molecule has 2 heterocycles. The highest BCUT2D eigenvalue weighted by Gasteiger charge is 2.36. The van der Waals surface area contributed by atoms with Gasteiger partial charge in [0, 0.05) is 32.0 Å². The van der Waals surface area contributed by atoms with Crippen molar-refractivity contribution in [2.45, 2.75) is 31.8 Å². The van der Waals surface area contributed by atoms with E-state index in [0.29, 0.717) is 26.1 Å². The van der Waals surface area contributed by atoms with Crippen LogP contribution in [0.5, 0.6) is 0 Å². The maximum atomic E-state index is 12.9. The highest BCUT2D eigenvalue weighted by atomic mass is 16.3. The van der Waals surface area contributed by atoms with Gasteiger partial charge >= 0.3 is 0 Å². The molecule has 0 spiro atoms. The molecule has 1 atom stereocenters. The molecule has 7 nitrogen and oxygen atoms in total. The van der Waals surface area contributed by atoms with Gasteiger partial charge in [0.15, 0.2) is 5.76 Å². The van der Waals surface area contributed by atoms with Crippen LogP contribution >= 0.6 is 0 Å². The van der Waals surface area contributed by atoms with Crippen LogP contribution in [0.25, 0.3) is 0 Å². The predicted octanol–water partition coefficient (Wildman–Crippen LogP) is 1.49. The minimum atomic E-state index is -0.619. The quantitative estimate of drug-likeness (QED) is 0.742. The van der Waals surface area contributed by atoms with Crippen LogP contribution in [0.3, 0.4) is 0 Å². The fourth-order valence-corrected chi connectivity index (χ4v) is 3.49. The van der Waals surface area contributed by atoms with E-state index in [0.717, 1.165) is 24.0 Å². The third-order valence-corrected chi connectivity index (χ3v) is 5.22. The van der Waals surface area contributed by atoms with E-state index in [1.807, 2.05) is 24.3 Å². The lowest BCUT2D eigenvalue weighted by Gasteiger charge is -2.35. The van der Waals surface area contributed by atoms with Crippen LogP contribution in [-0.4, -0.2) is 41.8 Å².